The highest BCUT2D eigenvalue weighted by Crippen LogP contribution is 2.40. The van der Waals surface area contributed by atoms with E-state index < -0.39 is 17.7 Å². The van der Waals surface area contributed by atoms with Crippen LogP contribution in [0.25, 0.3) is 5.76 Å². The van der Waals surface area contributed by atoms with Crippen LogP contribution in [0.3, 0.4) is 0 Å². The Hall–Kier alpha value is -3.36. The third-order valence-electron chi connectivity index (χ3n) is 6.43. The van der Waals surface area contributed by atoms with Crippen LogP contribution in [0, 0.1) is 0 Å². The minimum Gasteiger partial charge on any atom is -0.507 e. The molecule has 0 aliphatic carbocycles. The minimum absolute atomic E-state index is 0.0142. The summed E-state index contributed by atoms with van der Waals surface area (Å²) in [7, 11) is 1.57. The number of hydrogen-bond donors (Lipinski definition) is 1. The van der Waals surface area contributed by atoms with E-state index in [0.29, 0.717) is 48.8 Å². The van der Waals surface area contributed by atoms with Crippen molar-refractivity contribution >= 4 is 17.4 Å². The second-order valence-electron chi connectivity index (χ2n) is 9.27. The molecule has 8 heteroatoms. The molecule has 2 aromatic carbocycles. The highest BCUT2D eigenvalue weighted by atomic mass is 16.5. The normalized spacial score (nSPS) is 20.2. The third-order valence-corrected chi connectivity index (χ3v) is 6.43. The number of aliphatic hydroxyl groups is 1. The maximum Gasteiger partial charge on any atom is 0.295 e. The lowest BCUT2D eigenvalue weighted by Crippen LogP contribution is -2.38. The SMILES string of the molecule is COc1cccc([C@@H]2/C(=C(\O)c3ccc(OC(C)C)cc3)C(=O)C(=O)N2CCCN2CCOCC2)c1. The Balaban J connectivity index is 1.66. The van der Waals surface area contributed by atoms with Crippen molar-refractivity contribution in [3.8, 4) is 11.5 Å². The van der Waals surface area contributed by atoms with Gasteiger partial charge in [-0.1, -0.05) is 12.1 Å². The molecule has 2 saturated heterocycles. The van der Waals surface area contributed by atoms with E-state index in [1.165, 1.54) is 0 Å². The molecule has 1 atom stereocenters. The van der Waals surface area contributed by atoms with Gasteiger partial charge in [0.2, 0.25) is 0 Å². The Bertz CT molecular complexity index is 1110. The van der Waals surface area contributed by atoms with Crippen LogP contribution < -0.4 is 9.47 Å². The molecule has 0 bridgehead atoms. The number of benzene rings is 2. The first-order valence-corrected chi connectivity index (χ1v) is 12.4. The molecule has 0 aromatic heterocycles. The average molecular weight is 495 g/mol. The minimum atomic E-state index is -0.712. The number of nitrogens with zero attached hydrogens (tertiary/aromatic N) is 2. The van der Waals surface area contributed by atoms with Crippen molar-refractivity contribution in [3.63, 3.8) is 0 Å². The number of methoxy groups -OCH3 is 1. The van der Waals surface area contributed by atoms with Crippen LogP contribution in [-0.2, 0) is 14.3 Å². The number of ketones is 1. The summed E-state index contributed by atoms with van der Waals surface area (Å²) in [6.45, 7) is 8.18. The zero-order chi connectivity index (χ0) is 25.7. The molecular formula is C28H34N2O6. The molecule has 2 aliphatic heterocycles. The monoisotopic (exact) mass is 494 g/mol. The van der Waals surface area contributed by atoms with Crippen LogP contribution in [0.15, 0.2) is 54.1 Å². The standard InChI is InChI=1S/C28H34N2O6/c1-19(2)36-22-10-8-20(9-11-22)26(31)24-25(21-6-4-7-23(18-21)34-3)30(28(33)27(24)32)13-5-12-29-14-16-35-17-15-29/h4,6-11,18-19,25,31H,5,12-17H2,1-3H3/b26-24+/t25-/m1/s1. The summed E-state index contributed by atoms with van der Waals surface area (Å²) in [5.74, 6) is -0.218. The summed E-state index contributed by atoms with van der Waals surface area (Å²) in [5, 5.41) is 11.3. The highest BCUT2D eigenvalue weighted by molar-refractivity contribution is 6.46. The van der Waals surface area contributed by atoms with E-state index >= 15 is 0 Å². The maximum absolute atomic E-state index is 13.3. The Morgan fingerprint density at radius 2 is 1.78 bits per heavy atom. The second-order valence-corrected chi connectivity index (χ2v) is 9.27. The fraction of sp³-hybridized carbons (Fsp3) is 0.429. The van der Waals surface area contributed by atoms with E-state index in [-0.39, 0.29) is 17.4 Å². The second kappa shape index (κ2) is 11.6. The summed E-state index contributed by atoms with van der Waals surface area (Å²) < 4.78 is 16.5. The van der Waals surface area contributed by atoms with Crippen molar-refractivity contribution in [1.29, 1.82) is 0 Å². The van der Waals surface area contributed by atoms with Crippen LogP contribution in [0.2, 0.25) is 0 Å². The van der Waals surface area contributed by atoms with Crippen LogP contribution in [-0.4, -0.2) is 79.2 Å². The smallest absolute Gasteiger partial charge is 0.295 e. The Morgan fingerprint density at radius 1 is 1.06 bits per heavy atom. The lowest BCUT2D eigenvalue weighted by Gasteiger charge is -2.29. The van der Waals surface area contributed by atoms with Crippen LogP contribution in [0.4, 0.5) is 0 Å². The topological polar surface area (TPSA) is 88.5 Å². The van der Waals surface area contributed by atoms with Crippen LogP contribution in [0.5, 0.6) is 11.5 Å². The average Bonchev–Trinajstić information content (AvgIpc) is 3.14. The third kappa shape index (κ3) is 5.71. The van der Waals surface area contributed by atoms with Crippen molar-refractivity contribution in [3.05, 3.63) is 65.2 Å². The van der Waals surface area contributed by atoms with E-state index in [2.05, 4.69) is 4.90 Å². The van der Waals surface area contributed by atoms with Gasteiger partial charge in [0.05, 0.1) is 38.0 Å². The van der Waals surface area contributed by atoms with Crippen molar-refractivity contribution in [2.75, 3.05) is 46.5 Å². The van der Waals surface area contributed by atoms with Gasteiger partial charge in [0.25, 0.3) is 11.7 Å². The van der Waals surface area contributed by atoms with Crippen molar-refractivity contribution in [1.82, 2.24) is 9.80 Å². The summed E-state index contributed by atoms with van der Waals surface area (Å²) in [5.41, 5.74) is 1.24. The molecule has 2 heterocycles. The van der Waals surface area contributed by atoms with Gasteiger partial charge in [-0.05, 0) is 62.2 Å². The van der Waals surface area contributed by atoms with Gasteiger partial charge in [-0.2, -0.15) is 0 Å². The van der Waals surface area contributed by atoms with Crippen molar-refractivity contribution in [2.45, 2.75) is 32.4 Å². The van der Waals surface area contributed by atoms with Gasteiger partial charge in [0.1, 0.15) is 17.3 Å². The van der Waals surface area contributed by atoms with E-state index in [1.807, 2.05) is 32.0 Å². The predicted octanol–water partition coefficient (Wildman–Crippen LogP) is 3.63. The fourth-order valence-electron chi connectivity index (χ4n) is 4.68. The number of ether oxygens (including phenoxy) is 3. The molecule has 0 spiro atoms. The molecule has 4 rings (SSSR count). The molecule has 1 N–H and O–H groups in total. The Labute approximate surface area is 212 Å². The number of carbonyl (C=O) groups is 2. The summed E-state index contributed by atoms with van der Waals surface area (Å²) >= 11 is 0. The molecule has 36 heavy (non-hydrogen) atoms. The predicted molar refractivity (Wildman–Crippen MR) is 136 cm³/mol. The van der Waals surface area contributed by atoms with Gasteiger partial charge >= 0.3 is 0 Å². The molecule has 1 amide bonds. The maximum atomic E-state index is 13.3. The molecule has 192 valence electrons. The fourth-order valence-corrected chi connectivity index (χ4v) is 4.68. The first-order chi connectivity index (χ1) is 17.4. The van der Waals surface area contributed by atoms with Crippen LogP contribution in [0.1, 0.15) is 37.4 Å². The summed E-state index contributed by atoms with van der Waals surface area (Å²) in [6.07, 6.45) is 0.717. The van der Waals surface area contributed by atoms with Gasteiger partial charge in [0.15, 0.2) is 0 Å². The molecule has 0 unspecified atom stereocenters. The number of carbonyl (C=O) groups excluding carboxylic acids is 2. The number of Topliss-reactive ketones (excluding diaryl/α,β-unsaturated/α-hetero) is 1. The summed E-state index contributed by atoms with van der Waals surface area (Å²) in [6, 6.07) is 13.4. The van der Waals surface area contributed by atoms with Crippen molar-refractivity contribution in [2.24, 2.45) is 0 Å². The summed E-state index contributed by atoms with van der Waals surface area (Å²) in [4.78, 5) is 30.3. The number of aliphatic hydroxyl groups excluding tert-OH is 1. The van der Waals surface area contributed by atoms with E-state index in [1.54, 1.807) is 42.3 Å². The first kappa shape index (κ1) is 25.7. The molecule has 2 fully saturated rings. The molecule has 0 saturated carbocycles. The molecule has 2 aromatic rings. The van der Waals surface area contributed by atoms with E-state index in [4.69, 9.17) is 14.2 Å². The van der Waals surface area contributed by atoms with Gasteiger partial charge in [-0.25, -0.2) is 0 Å². The van der Waals surface area contributed by atoms with Gasteiger partial charge in [-0.15, -0.1) is 0 Å². The molecular weight excluding hydrogens is 460 g/mol. The lowest BCUT2D eigenvalue weighted by atomic mass is 9.95. The molecule has 0 radical (unpaired) electrons. The number of likely N-dealkylation sites (tertiary alicyclic amines) is 1. The number of morpholine rings is 1. The Morgan fingerprint density at radius 3 is 2.44 bits per heavy atom. The number of hydrogen-bond acceptors (Lipinski definition) is 7. The first-order valence-electron chi connectivity index (χ1n) is 12.4. The zero-order valence-electron chi connectivity index (χ0n) is 21.1. The largest absolute Gasteiger partial charge is 0.507 e. The number of rotatable bonds is 9. The number of amides is 1. The van der Waals surface area contributed by atoms with Crippen molar-refractivity contribution < 1.29 is 28.9 Å². The van der Waals surface area contributed by atoms with E-state index in [0.717, 1.165) is 19.6 Å². The quantitative estimate of drug-likeness (QED) is 0.324. The highest BCUT2D eigenvalue weighted by Gasteiger charge is 2.46. The molecule has 8 nitrogen and oxygen atoms in total. The Kier molecular flexibility index (Phi) is 8.28. The van der Waals surface area contributed by atoms with E-state index in [9.17, 15) is 14.7 Å². The van der Waals surface area contributed by atoms with Gasteiger partial charge in [0, 0.05) is 31.7 Å². The van der Waals surface area contributed by atoms with Crippen LogP contribution >= 0.6 is 0 Å². The van der Waals surface area contributed by atoms with Gasteiger partial charge < -0.3 is 24.2 Å². The lowest BCUT2D eigenvalue weighted by molar-refractivity contribution is -0.140. The zero-order valence-corrected chi connectivity index (χ0v) is 21.1. The van der Waals surface area contributed by atoms with Gasteiger partial charge in [-0.3, -0.25) is 14.5 Å². The molecule has 2 aliphatic rings.